The second kappa shape index (κ2) is 9.97. The fourth-order valence-corrected chi connectivity index (χ4v) is 4.14. The van der Waals surface area contributed by atoms with E-state index in [1.54, 1.807) is 60.7 Å². The molecule has 1 fully saturated rings. The molecule has 0 saturated carbocycles. The summed E-state index contributed by atoms with van der Waals surface area (Å²) in [7, 11) is 1.31. The smallest absolute Gasteiger partial charge is 0.338 e. The summed E-state index contributed by atoms with van der Waals surface area (Å²) >= 11 is 6.68. The zero-order valence-corrected chi connectivity index (χ0v) is 19.0. The zero-order valence-electron chi connectivity index (χ0n) is 17.4. The van der Waals surface area contributed by atoms with E-state index < -0.39 is 11.9 Å². The van der Waals surface area contributed by atoms with Gasteiger partial charge in [-0.2, -0.15) is 0 Å². The van der Waals surface area contributed by atoms with Crippen LogP contribution in [0.2, 0.25) is 5.02 Å². The van der Waals surface area contributed by atoms with Crippen molar-refractivity contribution in [2.24, 2.45) is 0 Å². The summed E-state index contributed by atoms with van der Waals surface area (Å²) in [5.74, 6) is 0.519. The van der Waals surface area contributed by atoms with Crippen molar-refractivity contribution in [3.63, 3.8) is 0 Å². The number of thioether (sulfide) groups is 1. The quantitative estimate of drug-likeness (QED) is 0.324. The molecule has 0 atom stereocenters. The molecule has 168 valence electrons. The lowest BCUT2D eigenvalue weighted by Crippen LogP contribution is -2.32. The Morgan fingerprint density at radius 2 is 1.85 bits per heavy atom. The van der Waals surface area contributed by atoms with Crippen LogP contribution < -0.4 is 4.74 Å². The van der Waals surface area contributed by atoms with Crippen LogP contribution in [0.15, 0.2) is 70.0 Å². The highest BCUT2D eigenvalue weighted by atomic mass is 35.5. The minimum Gasteiger partial charge on any atom is -0.492 e. The summed E-state index contributed by atoms with van der Waals surface area (Å²) in [5, 5.41) is 0.210. The number of rotatable bonds is 7. The third kappa shape index (κ3) is 5.13. The highest BCUT2D eigenvalue weighted by Gasteiger charge is 2.35. The lowest BCUT2D eigenvalue weighted by atomic mass is 10.1. The largest absolute Gasteiger partial charge is 0.492 e. The lowest BCUT2D eigenvalue weighted by Gasteiger charge is -2.13. The van der Waals surface area contributed by atoms with Gasteiger partial charge in [0.15, 0.2) is 0 Å². The van der Waals surface area contributed by atoms with Crippen LogP contribution in [0.5, 0.6) is 5.75 Å². The van der Waals surface area contributed by atoms with Crippen molar-refractivity contribution in [2.75, 3.05) is 20.3 Å². The van der Waals surface area contributed by atoms with Gasteiger partial charge in [0.1, 0.15) is 23.9 Å². The summed E-state index contributed by atoms with van der Waals surface area (Å²) in [6, 6.07) is 17.1. The van der Waals surface area contributed by atoms with E-state index in [-0.39, 0.29) is 23.3 Å². The molecule has 0 N–H and O–H groups in total. The van der Waals surface area contributed by atoms with Crippen molar-refractivity contribution in [1.29, 1.82) is 0 Å². The Morgan fingerprint density at radius 1 is 1.09 bits per heavy atom. The van der Waals surface area contributed by atoms with Crippen LogP contribution in [0.1, 0.15) is 16.1 Å². The zero-order chi connectivity index (χ0) is 23.4. The second-order valence-corrected chi connectivity index (χ2v) is 8.30. The topological polar surface area (TPSA) is 86.0 Å². The van der Waals surface area contributed by atoms with Gasteiger partial charge in [0.05, 0.1) is 24.1 Å². The van der Waals surface area contributed by atoms with E-state index in [1.807, 2.05) is 0 Å². The highest BCUT2D eigenvalue weighted by Crippen LogP contribution is 2.34. The fourth-order valence-electron chi connectivity index (χ4n) is 3.17. The number of furan rings is 1. The van der Waals surface area contributed by atoms with Gasteiger partial charge in [-0.05, 0) is 54.2 Å². The van der Waals surface area contributed by atoms with Gasteiger partial charge in [-0.1, -0.05) is 29.8 Å². The highest BCUT2D eigenvalue weighted by molar-refractivity contribution is 8.18. The molecule has 1 aromatic heterocycles. The van der Waals surface area contributed by atoms with Crippen LogP contribution >= 0.6 is 23.4 Å². The molecule has 2 aromatic carbocycles. The van der Waals surface area contributed by atoms with Gasteiger partial charge in [-0.15, -0.1) is 0 Å². The molecule has 0 radical (unpaired) electrons. The predicted molar refractivity (Wildman–Crippen MR) is 125 cm³/mol. The van der Waals surface area contributed by atoms with E-state index in [0.717, 1.165) is 16.7 Å². The van der Waals surface area contributed by atoms with E-state index in [2.05, 4.69) is 0 Å². The number of imide groups is 1. The number of nitrogens with zero attached hydrogens (tertiary/aromatic N) is 1. The van der Waals surface area contributed by atoms with E-state index in [4.69, 9.17) is 25.5 Å². The molecular formula is C24H18ClNO6S. The average molecular weight is 484 g/mol. The number of ether oxygens (including phenoxy) is 2. The van der Waals surface area contributed by atoms with Crippen molar-refractivity contribution >= 4 is 46.6 Å². The fraction of sp³-hybridized carbons (Fsp3) is 0.125. The van der Waals surface area contributed by atoms with Crippen molar-refractivity contribution in [3.05, 3.63) is 81.9 Å². The summed E-state index contributed by atoms with van der Waals surface area (Å²) in [6.07, 6.45) is 1.51. The van der Waals surface area contributed by atoms with Gasteiger partial charge in [0.2, 0.25) is 0 Å². The van der Waals surface area contributed by atoms with Crippen LogP contribution in [0.3, 0.4) is 0 Å². The number of halogens is 1. The van der Waals surface area contributed by atoms with Crippen molar-refractivity contribution in [3.8, 4) is 17.1 Å². The normalized spacial score (nSPS) is 14.7. The SMILES string of the molecule is COC(=O)c1ccccc1-c1ccc(/C=C2\SC(=O)N(CCOc3ccc(Cl)cc3)C2=O)o1. The molecule has 1 aliphatic heterocycles. The van der Waals surface area contributed by atoms with Crippen LogP contribution in [-0.4, -0.2) is 42.3 Å². The van der Waals surface area contributed by atoms with Gasteiger partial charge in [-0.3, -0.25) is 14.5 Å². The Balaban J connectivity index is 1.44. The van der Waals surface area contributed by atoms with Gasteiger partial charge in [-0.25, -0.2) is 4.79 Å². The molecule has 0 aliphatic carbocycles. The van der Waals surface area contributed by atoms with Crippen LogP contribution in [0.4, 0.5) is 4.79 Å². The van der Waals surface area contributed by atoms with E-state index >= 15 is 0 Å². The average Bonchev–Trinajstić information content (AvgIpc) is 3.39. The third-order valence-corrected chi connectivity index (χ3v) is 5.93. The van der Waals surface area contributed by atoms with Gasteiger partial charge < -0.3 is 13.9 Å². The standard InChI is InChI=1S/C24H18ClNO6S/c1-30-23(28)19-5-3-2-4-18(19)20-11-10-17(32-20)14-21-22(27)26(24(29)33-21)12-13-31-16-8-6-15(25)7-9-16/h2-11,14H,12-13H2,1H3/b21-14-. The first-order valence-corrected chi connectivity index (χ1v) is 11.1. The van der Waals surface area contributed by atoms with Crippen LogP contribution in [-0.2, 0) is 9.53 Å². The van der Waals surface area contributed by atoms with Crippen molar-refractivity contribution in [1.82, 2.24) is 4.90 Å². The molecule has 9 heteroatoms. The van der Waals surface area contributed by atoms with Gasteiger partial charge in [0, 0.05) is 16.7 Å². The maximum atomic E-state index is 12.7. The Bertz CT molecular complexity index is 1230. The first kappa shape index (κ1) is 22.7. The minimum absolute atomic E-state index is 0.112. The first-order valence-electron chi connectivity index (χ1n) is 9.87. The van der Waals surface area contributed by atoms with Crippen molar-refractivity contribution in [2.45, 2.75) is 0 Å². The molecule has 7 nitrogen and oxygen atoms in total. The molecular weight excluding hydrogens is 466 g/mol. The van der Waals surface area contributed by atoms with E-state index in [9.17, 15) is 14.4 Å². The molecule has 4 rings (SSSR count). The summed E-state index contributed by atoms with van der Waals surface area (Å²) in [5.41, 5.74) is 0.929. The molecule has 2 amide bonds. The summed E-state index contributed by atoms with van der Waals surface area (Å²) in [6.45, 7) is 0.267. The molecule has 1 saturated heterocycles. The van der Waals surface area contributed by atoms with E-state index in [1.165, 1.54) is 13.2 Å². The Morgan fingerprint density at radius 3 is 2.61 bits per heavy atom. The van der Waals surface area contributed by atoms with Crippen molar-refractivity contribution < 1.29 is 28.3 Å². The van der Waals surface area contributed by atoms with Gasteiger partial charge >= 0.3 is 5.97 Å². The maximum absolute atomic E-state index is 12.7. The number of benzene rings is 2. The number of esters is 1. The minimum atomic E-state index is -0.481. The summed E-state index contributed by atoms with van der Waals surface area (Å²) < 4.78 is 16.2. The first-order chi connectivity index (χ1) is 16.0. The number of carbonyl (C=O) groups excluding carboxylic acids is 3. The molecule has 3 aromatic rings. The molecule has 1 aliphatic rings. The molecule has 33 heavy (non-hydrogen) atoms. The number of hydrogen-bond acceptors (Lipinski definition) is 7. The van der Waals surface area contributed by atoms with Crippen LogP contribution in [0, 0.1) is 0 Å². The second-order valence-electron chi connectivity index (χ2n) is 6.87. The Kier molecular flexibility index (Phi) is 6.86. The van der Waals surface area contributed by atoms with Crippen LogP contribution in [0.25, 0.3) is 17.4 Å². The predicted octanol–water partition coefficient (Wildman–Crippen LogP) is 5.50. The van der Waals surface area contributed by atoms with Gasteiger partial charge in [0.25, 0.3) is 11.1 Å². The molecule has 0 unspecified atom stereocenters. The number of methoxy groups -OCH3 is 1. The summed E-state index contributed by atoms with van der Waals surface area (Å²) in [4.78, 5) is 38.4. The lowest BCUT2D eigenvalue weighted by molar-refractivity contribution is -0.123. The molecule has 0 bridgehead atoms. The Labute approximate surface area is 198 Å². The Hall–Kier alpha value is -3.49. The number of hydrogen-bond donors (Lipinski definition) is 0. The molecule has 0 spiro atoms. The maximum Gasteiger partial charge on any atom is 0.338 e. The monoisotopic (exact) mass is 483 g/mol. The molecule has 2 heterocycles. The van der Waals surface area contributed by atoms with E-state index in [0.29, 0.717) is 33.4 Å². The third-order valence-electron chi connectivity index (χ3n) is 4.77. The number of amides is 2. The number of carbonyl (C=O) groups is 3.